The van der Waals surface area contributed by atoms with E-state index in [2.05, 4.69) is 58.7 Å². The summed E-state index contributed by atoms with van der Waals surface area (Å²) in [6.45, 7) is 5.98. The number of carbonyl (C=O) groups is 1. The minimum Gasteiger partial charge on any atom is -0.465 e. The third-order valence-electron chi connectivity index (χ3n) is 6.54. The van der Waals surface area contributed by atoms with Crippen molar-refractivity contribution >= 4 is 23.3 Å². The van der Waals surface area contributed by atoms with Gasteiger partial charge in [-0.25, -0.2) is 4.79 Å². The van der Waals surface area contributed by atoms with E-state index >= 15 is 0 Å². The first kappa shape index (κ1) is 24.9. The summed E-state index contributed by atoms with van der Waals surface area (Å²) in [6, 6.07) is 15.6. The Morgan fingerprint density at radius 2 is 1.91 bits per heavy atom. The van der Waals surface area contributed by atoms with E-state index in [-0.39, 0.29) is 18.1 Å². The maximum Gasteiger partial charge on any atom is 0.339 e. The molecule has 184 valence electrons. The lowest BCUT2D eigenvalue weighted by Gasteiger charge is -2.28. The number of para-hydroxylation sites is 1. The summed E-state index contributed by atoms with van der Waals surface area (Å²) < 4.78 is 7.19. The van der Waals surface area contributed by atoms with Crippen molar-refractivity contribution in [1.29, 1.82) is 0 Å². The quantitative estimate of drug-likeness (QED) is 0.374. The number of aryl methyl sites for hydroxylation is 1. The molecule has 0 radical (unpaired) electrons. The van der Waals surface area contributed by atoms with Crippen LogP contribution in [0.25, 0.3) is 5.69 Å². The first-order valence-electron chi connectivity index (χ1n) is 11.8. The Hall–Kier alpha value is -3.23. The number of nitrogens with zero attached hydrogens (tertiary/aromatic N) is 4. The summed E-state index contributed by atoms with van der Waals surface area (Å²) in [5.74, 6) is -0.352. The summed E-state index contributed by atoms with van der Waals surface area (Å²) in [4.78, 5) is 21.6. The van der Waals surface area contributed by atoms with Gasteiger partial charge in [-0.2, -0.15) is 0 Å². The van der Waals surface area contributed by atoms with E-state index in [1.54, 1.807) is 6.07 Å². The standard InChI is InChI=1S/C27H33N5O2S/c1-18-17-21(19(2)32(18)23-13-7-6-11-20(23)26(33)34-5)25-24(22-12-8-9-14-28-22)29-27(35)31(25)16-10-15-30(3)4/h6-9,11-14,17,24-25H,10,15-16H2,1-5H3,(H,29,35)/t24-,25-/m1/s1. The number of nitrogens with one attached hydrogen (secondary N) is 1. The molecule has 1 fully saturated rings. The second-order valence-electron chi connectivity index (χ2n) is 9.15. The minimum absolute atomic E-state index is 0.0233. The van der Waals surface area contributed by atoms with Crippen LogP contribution in [-0.4, -0.2) is 64.7 Å². The molecular weight excluding hydrogens is 458 g/mol. The number of ether oxygens (including phenoxy) is 1. The van der Waals surface area contributed by atoms with Crippen molar-refractivity contribution in [2.24, 2.45) is 0 Å². The lowest BCUT2D eigenvalue weighted by molar-refractivity contribution is 0.0600. The zero-order valence-electron chi connectivity index (χ0n) is 21.0. The zero-order chi connectivity index (χ0) is 25.1. The normalized spacial score (nSPS) is 17.7. The molecule has 0 spiro atoms. The molecule has 0 aliphatic carbocycles. The molecule has 0 amide bonds. The van der Waals surface area contributed by atoms with Gasteiger partial charge in [0.1, 0.15) is 0 Å². The minimum atomic E-state index is -0.352. The number of carbonyl (C=O) groups excluding carboxylic acids is 1. The molecular formula is C27H33N5O2S. The predicted molar refractivity (Wildman–Crippen MR) is 142 cm³/mol. The number of rotatable bonds is 8. The van der Waals surface area contributed by atoms with E-state index in [0.717, 1.165) is 53.0 Å². The number of hydrogen-bond acceptors (Lipinski definition) is 5. The van der Waals surface area contributed by atoms with Crippen molar-refractivity contribution in [2.75, 3.05) is 34.3 Å². The fourth-order valence-electron chi connectivity index (χ4n) is 4.95. The van der Waals surface area contributed by atoms with E-state index in [4.69, 9.17) is 17.0 Å². The summed E-state index contributed by atoms with van der Waals surface area (Å²) in [6.07, 6.45) is 2.81. The molecule has 4 rings (SSSR count). The molecule has 0 bridgehead atoms. The molecule has 1 N–H and O–H groups in total. The average molecular weight is 492 g/mol. The van der Waals surface area contributed by atoms with Crippen molar-refractivity contribution in [3.8, 4) is 5.69 Å². The number of thiocarbonyl (C=S) groups is 1. The number of esters is 1. The van der Waals surface area contributed by atoms with Crippen LogP contribution in [0.3, 0.4) is 0 Å². The van der Waals surface area contributed by atoms with Gasteiger partial charge in [-0.1, -0.05) is 18.2 Å². The van der Waals surface area contributed by atoms with E-state index < -0.39 is 0 Å². The monoisotopic (exact) mass is 491 g/mol. The SMILES string of the molecule is COC(=O)c1ccccc1-n1c(C)cc([C@@H]2[C@@H](c3ccccn3)NC(=S)N2CCCN(C)C)c1C. The molecule has 0 saturated carbocycles. The first-order valence-corrected chi connectivity index (χ1v) is 12.2. The molecule has 1 saturated heterocycles. The molecule has 3 aromatic rings. The van der Waals surface area contributed by atoms with Crippen LogP contribution in [-0.2, 0) is 4.74 Å². The Morgan fingerprint density at radius 1 is 1.17 bits per heavy atom. The van der Waals surface area contributed by atoms with E-state index in [1.807, 2.05) is 42.6 Å². The van der Waals surface area contributed by atoms with Crippen LogP contribution < -0.4 is 5.32 Å². The zero-order valence-corrected chi connectivity index (χ0v) is 21.8. The van der Waals surface area contributed by atoms with Gasteiger partial charge >= 0.3 is 5.97 Å². The summed E-state index contributed by atoms with van der Waals surface area (Å²) in [5, 5.41) is 4.28. The highest BCUT2D eigenvalue weighted by atomic mass is 32.1. The fraction of sp³-hybridized carbons (Fsp3) is 0.370. The first-order chi connectivity index (χ1) is 16.8. The maximum atomic E-state index is 12.5. The van der Waals surface area contributed by atoms with Crippen LogP contribution >= 0.6 is 12.2 Å². The van der Waals surface area contributed by atoms with Crippen LogP contribution in [0.5, 0.6) is 0 Å². The predicted octanol–water partition coefficient (Wildman–Crippen LogP) is 4.20. The van der Waals surface area contributed by atoms with Gasteiger partial charge in [0.15, 0.2) is 5.11 Å². The van der Waals surface area contributed by atoms with Gasteiger partial charge in [0, 0.05) is 24.1 Å². The summed E-state index contributed by atoms with van der Waals surface area (Å²) in [5.41, 5.74) is 5.56. The Bertz CT molecular complexity index is 1210. The molecule has 2 atom stereocenters. The van der Waals surface area contributed by atoms with Crippen molar-refractivity contribution < 1.29 is 9.53 Å². The highest BCUT2D eigenvalue weighted by Gasteiger charge is 2.41. The van der Waals surface area contributed by atoms with Gasteiger partial charge in [0.05, 0.1) is 36.1 Å². The van der Waals surface area contributed by atoms with E-state index in [1.165, 1.54) is 7.11 Å². The molecule has 1 aromatic carbocycles. The second kappa shape index (κ2) is 10.6. The summed E-state index contributed by atoms with van der Waals surface area (Å²) >= 11 is 5.83. The summed E-state index contributed by atoms with van der Waals surface area (Å²) in [7, 11) is 5.58. The largest absolute Gasteiger partial charge is 0.465 e. The Labute approximate surface area is 212 Å². The molecule has 8 heteroatoms. The van der Waals surface area contributed by atoms with Gasteiger partial charge in [-0.15, -0.1) is 0 Å². The van der Waals surface area contributed by atoms with E-state index in [0.29, 0.717) is 5.56 Å². The lowest BCUT2D eigenvalue weighted by Crippen LogP contribution is -2.32. The third-order valence-corrected chi connectivity index (χ3v) is 6.89. The molecule has 7 nitrogen and oxygen atoms in total. The van der Waals surface area contributed by atoms with Gasteiger partial charge in [-0.05, 0) is 89.0 Å². The molecule has 35 heavy (non-hydrogen) atoms. The van der Waals surface area contributed by atoms with Gasteiger partial charge in [0.25, 0.3) is 0 Å². The lowest BCUT2D eigenvalue weighted by atomic mass is 9.96. The smallest absolute Gasteiger partial charge is 0.339 e. The van der Waals surface area contributed by atoms with Gasteiger partial charge in [0.2, 0.25) is 0 Å². The average Bonchev–Trinajstić information content (AvgIpc) is 3.33. The second-order valence-corrected chi connectivity index (χ2v) is 9.53. The van der Waals surface area contributed by atoms with Crippen LogP contribution in [0, 0.1) is 13.8 Å². The maximum absolute atomic E-state index is 12.5. The van der Waals surface area contributed by atoms with Crippen molar-refractivity contribution in [1.82, 2.24) is 24.7 Å². The molecule has 0 unspecified atom stereocenters. The highest BCUT2D eigenvalue weighted by Crippen LogP contribution is 2.41. The number of aromatic nitrogens is 2. The van der Waals surface area contributed by atoms with Gasteiger partial charge < -0.3 is 24.4 Å². The molecule has 1 aliphatic heterocycles. The number of pyridine rings is 1. The Morgan fingerprint density at radius 3 is 2.60 bits per heavy atom. The number of benzene rings is 1. The van der Waals surface area contributed by atoms with Crippen molar-refractivity contribution in [3.63, 3.8) is 0 Å². The van der Waals surface area contributed by atoms with Crippen LogP contribution in [0.4, 0.5) is 0 Å². The van der Waals surface area contributed by atoms with E-state index in [9.17, 15) is 4.79 Å². The fourth-order valence-corrected chi connectivity index (χ4v) is 5.28. The molecule has 3 heterocycles. The number of methoxy groups -OCH3 is 1. The van der Waals surface area contributed by atoms with Crippen LogP contribution in [0.15, 0.2) is 54.7 Å². The topological polar surface area (TPSA) is 62.6 Å². The van der Waals surface area contributed by atoms with Crippen LogP contribution in [0.1, 0.15) is 51.5 Å². The van der Waals surface area contributed by atoms with Crippen LogP contribution in [0.2, 0.25) is 0 Å². The van der Waals surface area contributed by atoms with Crippen molar-refractivity contribution in [2.45, 2.75) is 32.4 Å². The van der Waals surface area contributed by atoms with Crippen molar-refractivity contribution in [3.05, 3.63) is 82.9 Å². The molecule has 2 aromatic heterocycles. The third kappa shape index (κ3) is 4.94. The van der Waals surface area contributed by atoms with Gasteiger partial charge in [-0.3, -0.25) is 4.98 Å². The Balaban J connectivity index is 1.81. The highest BCUT2D eigenvalue weighted by molar-refractivity contribution is 7.80. The molecule has 1 aliphatic rings. The Kier molecular flexibility index (Phi) is 7.52. The number of hydrogen-bond donors (Lipinski definition) is 1.